The van der Waals surface area contributed by atoms with Crippen LogP contribution < -0.4 is 10.2 Å². The maximum absolute atomic E-state index is 11.5. The van der Waals surface area contributed by atoms with Crippen LogP contribution in [0.1, 0.15) is 18.9 Å². The first-order chi connectivity index (χ1) is 13.9. The lowest BCUT2D eigenvalue weighted by Gasteiger charge is -2.33. The average molecular weight is 433 g/mol. The second-order valence-electron chi connectivity index (χ2n) is 7.05. The second kappa shape index (κ2) is 8.00. The molecule has 4 rings (SSSR count). The van der Waals surface area contributed by atoms with Crippen LogP contribution in [0.15, 0.2) is 54.2 Å². The molecule has 0 saturated carbocycles. The fourth-order valence-electron chi connectivity index (χ4n) is 3.42. The fraction of sp³-hybridized carbons (Fsp3) is 0.316. The Bertz CT molecular complexity index is 1070. The zero-order valence-electron chi connectivity index (χ0n) is 15.9. The summed E-state index contributed by atoms with van der Waals surface area (Å²) in [5, 5.41) is 3.73. The Balaban J connectivity index is 1.36. The molecule has 0 radical (unpaired) electrons. The third-order valence-corrected chi connectivity index (χ3v) is 6.13. The number of pyridine rings is 1. The minimum Gasteiger partial charge on any atom is -0.355 e. The van der Waals surface area contributed by atoms with Crippen LogP contribution in [0.5, 0.6) is 0 Å². The molecule has 1 aliphatic heterocycles. The number of hydrogen-bond acceptors (Lipinski definition) is 7. The van der Waals surface area contributed by atoms with Crippen LogP contribution in [-0.2, 0) is 9.84 Å². The van der Waals surface area contributed by atoms with Gasteiger partial charge in [0.1, 0.15) is 11.0 Å². The Morgan fingerprint density at radius 2 is 1.83 bits per heavy atom. The molecule has 0 unspecified atom stereocenters. The standard InChI is InChI=1S/C19H21ClN6O2S/c1-29(27,28)19-3-2-14(10-23-19)24-15-4-7-26(13-15)16-5-8-25(9-6-16)18-12-21-17(20)11-22-18/h2-4,7,10-13,16,24H,5-6,8-9H2,1H3. The Morgan fingerprint density at radius 1 is 1.03 bits per heavy atom. The van der Waals surface area contributed by atoms with Crippen LogP contribution in [0, 0.1) is 0 Å². The number of anilines is 3. The molecule has 0 aromatic carbocycles. The maximum atomic E-state index is 11.5. The predicted molar refractivity (Wildman–Crippen MR) is 113 cm³/mol. The molecular formula is C19H21ClN6O2S. The van der Waals surface area contributed by atoms with Gasteiger partial charge in [-0.2, -0.15) is 0 Å². The summed E-state index contributed by atoms with van der Waals surface area (Å²) in [6.45, 7) is 1.80. The normalized spacial score (nSPS) is 15.4. The van der Waals surface area contributed by atoms with Crippen molar-refractivity contribution < 1.29 is 8.42 Å². The van der Waals surface area contributed by atoms with Crippen molar-refractivity contribution in [2.45, 2.75) is 23.9 Å². The van der Waals surface area contributed by atoms with Gasteiger partial charge in [-0.1, -0.05) is 11.6 Å². The third-order valence-electron chi connectivity index (χ3n) is 4.94. The van der Waals surface area contributed by atoms with Crippen molar-refractivity contribution in [2.24, 2.45) is 0 Å². The molecule has 0 spiro atoms. The number of sulfone groups is 1. The van der Waals surface area contributed by atoms with Gasteiger partial charge in [0.15, 0.2) is 14.9 Å². The third kappa shape index (κ3) is 4.68. The SMILES string of the molecule is CS(=O)(=O)c1ccc(Nc2ccn(C3CCN(c4cnc(Cl)cn4)CC3)c2)cn1. The molecule has 0 bridgehead atoms. The van der Waals surface area contributed by atoms with Crippen molar-refractivity contribution >= 4 is 38.6 Å². The van der Waals surface area contributed by atoms with Crippen molar-refractivity contribution in [1.82, 2.24) is 19.5 Å². The average Bonchev–Trinajstić information content (AvgIpc) is 3.17. The fourth-order valence-corrected chi connectivity index (χ4v) is 4.07. The predicted octanol–water partition coefficient (Wildman–Crippen LogP) is 3.32. The van der Waals surface area contributed by atoms with Crippen molar-refractivity contribution in [3.05, 3.63) is 54.3 Å². The van der Waals surface area contributed by atoms with Crippen molar-refractivity contribution in [2.75, 3.05) is 29.6 Å². The molecule has 29 heavy (non-hydrogen) atoms. The summed E-state index contributed by atoms with van der Waals surface area (Å²) in [6, 6.07) is 5.63. The summed E-state index contributed by atoms with van der Waals surface area (Å²) in [5.41, 5.74) is 1.68. The summed E-state index contributed by atoms with van der Waals surface area (Å²) in [5.74, 6) is 0.854. The first-order valence-corrected chi connectivity index (χ1v) is 11.5. The second-order valence-corrected chi connectivity index (χ2v) is 9.40. The maximum Gasteiger partial charge on any atom is 0.192 e. The van der Waals surface area contributed by atoms with E-state index in [0.717, 1.165) is 49.4 Å². The lowest BCUT2D eigenvalue weighted by Crippen LogP contribution is -2.35. The molecule has 3 aromatic heterocycles. The monoisotopic (exact) mass is 432 g/mol. The highest BCUT2D eigenvalue weighted by Gasteiger charge is 2.21. The van der Waals surface area contributed by atoms with Gasteiger partial charge in [0, 0.05) is 37.8 Å². The van der Waals surface area contributed by atoms with E-state index in [9.17, 15) is 8.42 Å². The van der Waals surface area contributed by atoms with E-state index < -0.39 is 9.84 Å². The van der Waals surface area contributed by atoms with Crippen LogP contribution in [0.3, 0.4) is 0 Å². The summed E-state index contributed by atoms with van der Waals surface area (Å²) in [6.07, 6.45) is 12.1. The molecule has 0 aliphatic carbocycles. The number of hydrogen-bond donors (Lipinski definition) is 1. The molecule has 10 heteroatoms. The zero-order valence-corrected chi connectivity index (χ0v) is 17.4. The lowest BCUT2D eigenvalue weighted by atomic mass is 10.1. The van der Waals surface area contributed by atoms with Gasteiger partial charge >= 0.3 is 0 Å². The summed E-state index contributed by atoms with van der Waals surface area (Å²) >= 11 is 5.81. The van der Waals surface area contributed by atoms with E-state index in [2.05, 4.69) is 42.1 Å². The van der Waals surface area contributed by atoms with E-state index in [4.69, 9.17) is 11.6 Å². The first kappa shape index (κ1) is 19.7. The van der Waals surface area contributed by atoms with E-state index in [0.29, 0.717) is 11.2 Å². The number of nitrogens with zero attached hydrogens (tertiary/aromatic N) is 5. The quantitative estimate of drug-likeness (QED) is 0.660. The highest BCUT2D eigenvalue weighted by Crippen LogP contribution is 2.27. The minimum absolute atomic E-state index is 0.0674. The minimum atomic E-state index is -3.29. The van der Waals surface area contributed by atoms with E-state index >= 15 is 0 Å². The van der Waals surface area contributed by atoms with Crippen LogP contribution in [-0.4, -0.2) is 47.3 Å². The highest BCUT2D eigenvalue weighted by atomic mass is 35.5. The summed E-state index contributed by atoms with van der Waals surface area (Å²) in [7, 11) is -3.29. The highest BCUT2D eigenvalue weighted by molar-refractivity contribution is 7.90. The Kier molecular flexibility index (Phi) is 5.42. The van der Waals surface area contributed by atoms with Crippen LogP contribution >= 0.6 is 11.6 Å². The van der Waals surface area contributed by atoms with Gasteiger partial charge in [-0.15, -0.1) is 0 Å². The topological polar surface area (TPSA) is 93.0 Å². The van der Waals surface area contributed by atoms with Gasteiger partial charge in [0.25, 0.3) is 0 Å². The Morgan fingerprint density at radius 3 is 2.45 bits per heavy atom. The van der Waals surface area contributed by atoms with E-state index in [1.165, 1.54) is 12.3 Å². The first-order valence-electron chi connectivity index (χ1n) is 9.21. The van der Waals surface area contributed by atoms with Crippen LogP contribution in [0.25, 0.3) is 0 Å². The van der Waals surface area contributed by atoms with Gasteiger partial charge in [0.2, 0.25) is 0 Å². The number of aromatic nitrogens is 4. The van der Waals surface area contributed by atoms with E-state index in [1.54, 1.807) is 18.5 Å². The molecule has 0 amide bonds. The molecule has 3 aromatic rings. The molecule has 152 valence electrons. The summed E-state index contributed by atoms with van der Waals surface area (Å²) in [4.78, 5) is 14.7. The number of piperidine rings is 1. The zero-order chi connectivity index (χ0) is 20.4. The lowest BCUT2D eigenvalue weighted by molar-refractivity contribution is 0.396. The number of rotatable bonds is 5. The van der Waals surface area contributed by atoms with Crippen LogP contribution in [0.4, 0.5) is 17.2 Å². The molecule has 4 heterocycles. The molecule has 1 aliphatic rings. The van der Waals surface area contributed by atoms with Gasteiger partial charge in [-0.25, -0.2) is 23.4 Å². The van der Waals surface area contributed by atoms with Gasteiger partial charge in [0.05, 0.1) is 30.0 Å². The molecular weight excluding hydrogens is 412 g/mol. The largest absolute Gasteiger partial charge is 0.355 e. The van der Waals surface area contributed by atoms with Crippen molar-refractivity contribution in [1.29, 1.82) is 0 Å². The smallest absolute Gasteiger partial charge is 0.192 e. The van der Waals surface area contributed by atoms with Crippen molar-refractivity contribution in [3.8, 4) is 0 Å². The Labute approximate surface area is 174 Å². The van der Waals surface area contributed by atoms with Crippen molar-refractivity contribution in [3.63, 3.8) is 0 Å². The Hall–Kier alpha value is -2.65. The van der Waals surface area contributed by atoms with Crippen LogP contribution in [0.2, 0.25) is 5.15 Å². The molecule has 1 N–H and O–H groups in total. The molecule has 8 nitrogen and oxygen atoms in total. The van der Waals surface area contributed by atoms with E-state index in [1.807, 2.05) is 6.07 Å². The molecule has 1 fully saturated rings. The van der Waals surface area contributed by atoms with Gasteiger partial charge in [-0.3, -0.25) is 0 Å². The number of halogens is 1. The molecule has 0 atom stereocenters. The van der Waals surface area contributed by atoms with Gasteiger partial charge in [-0.05, 0) is 31.0 Å². The summed E-state index contributed by atoms with van der Waals surface area (Å²) < 4.78 is 25.2. The molecule has 1 saturated heterocycles. The van der Waals surface area contributed by atoms with E-state index in [-0.39, 0.29) is 5.03 Å². The van der Waals surface area contributed by atoms with Gasteiger partial charge < -0.3 is 14.8 Å². The number of nitrogens with one attached hydrogen (secondary N) is 1.